The van der Waals surface area contributed by atoms with E-state index in [9.17, 15) is 0 Å². The quantitative estimate of drug-likeness (QED) is 0.768. The summed E-state index contributed by atoms with van der Waals surface area (Å²) < 4.78 is 0. The molecular weight excluding hydrogens is 298 g/mol. The summed E-state index contributed by atoms with van der Waals surface area (Å²) in [5.74, 6) is 1.70. The summed E-state index contributed by atoms with van der Waals surface area (Å²) in [6.45, 7) is 4.19. The minimum Gasteiger partial charge on any atom is -0.393 e. The molecule has 0 saturated carbocycles. The molecule has 2 aliphatic rings. The van der Waals surface area contributed by atoms with Gasteiger partial charge in [0, 0.05) is 19.1 Å². The topological polar surface area (TPSA) is 67.1 Å². The van der Waals surface area contributed by atoms with E-state index in [0.717, 1.165) is 37.6 Å². The van der Waals surface area contributed by atoms with E-state index in [1.54, 1.807) is 11.9 Å². The van der Waals surface area contributed by atoms with Crippen LogP contribution in [-0.2, 0) is 0 Å². The number of hydrogen-bond donors (Lipinski definition) is 2. The highest BCUT2D eigenvalue weighted by molar-refractivity contribution is 5.75. The number of nitrogens with zero attached hydrogens (tertiary/aromatic N) is 3. The van der Waals surface area contributed by atoms with Crippen molar-refractivity contribution in [1.82, 2.24) is 9.97 Å². The first-order chi connectivity index (χ1) is 11.8. The standard InChI is InChI=1S/C19H31N5/c1-2-16-10-6-7-13-24(16)19-17(20)18(22-14-23-19)21-12-11-15-8-4-3-5-9-15/h8,14,16H,2-7,9-13,20H2,1H3,(H,21,22,23). The molecule has 3 rings (SSSR count). The third-order valence-electron chi connectivity index (χ3n) is 5.36. The van der Waals surface area contributed by atoms with Crippen molar-refractivity contribution in [2.75, 3.05) is 29.0 Å². The van der Waals surface area contributed by atoms with Gasteiger partial charge in [0.2, 0.25) is 0 Å². The van der Waals surface area contributed by atoms with Gasteiger partial charge in [0.15, 0.2) is 11.6 Å². The van der Waals surface area contributed by atoms with Gasteiger partial charge in [-0.2, -0.15) is 0 Å². The van der Waals surface area contributed by atoms with Crippen LogP contribution in [0, 0.1) is 0 Å². The van der Waals surface area contributed by atoms with Crippen LogP contribution in [0.25, 0.3) is 0 Å². The Morgan fingerprint density at radius 2 is 2.17 bits per heavy atom. The van der Waals surface area contributed by atoms with Crippen LogP contribution in [0.1, 0.15) is 64.7 Å². The van der Waals surface area contributed by atoms with E-state index in [0.29, 0.717) is 11.7 Å². The van der Waals surface area contributed by atoms with Gasteiger partial charge in [-0.3, -0.25) is 0 Å². The summed E-state index contributed by atoms with van der Waals surface area (Å²) in [6, 6.07) is 0.552. The first-order valence-corrected chi connectivity index (χ1v) is 9.58. The van der Waals surface area contributed by atoms with E-state index < -0.39 is 0 Å². The molecule has 5 heteroatoms. The molecule has 0 radical (unpaired) electrons. The van der Waals surface area contributed by atoms with Crippen LogP contribution in [0.5, 0.6) is 0 Å². The minimum absolute atomic E-state index is 0.552. The molecule has 1 aliphatic heterocycles. The van der Waals surface area contributed by atoms with E-state index in [2.05, 4.69) is 33.2 Å². The molecule has 3 N–H and O–H groups in total. The number of nitrogens with one attached hydrogen (secondary N) is 1. The summed E-state index contributed by atoms with van der Waals surface area (Å²) in [7, 11) is 0. The molecule has 2 heterocycles. The van der Waals surface area contributed by atoms with Crippen molar-refractivity contribution in [3.8, 4) is 0 Å². The average molecular weight is 329 g/mol. The highest BCUT2D eigenvalue weighted by Gasteiger charge is 2.24. The predicted molar refractivity (Wildman–Crippen MR) is 101 cm³/mol. The summed E-state index contributed by atoms with van der Waals surface area (Å²) in [5, 5.41) is 3.43. The van der Waals surface area contributed by atoms with E-state index in [4.69, 9.17) is 5.73 Å². The van der Waals surface area contributed by atoms with Gasteiger partial charge < -0.3 is 16.0 Å². The van der Waals surface area contributed by atoms with Gasteiger partial charge in [-0.05, 0) is 57.8 Å². The zero-order chi connectivity index (χ0) is 16.8. The molecule has 1 atom stereocenters. The zero-order valence-electron chi connectivity index (χ0n) is 14.9. The SMILES string of the molecule is CCC1CCCCN1c1ncnc(NCCC2=CCCCC2)c1N. The van der Waals surface area contributed by atoms with Crippen LogP contribution >= 0.6 is 0 Å². The van der Waals surface area contributed by atoms with E-state index in [1.165, 1.54) is 44.9 Å². The predicted octanol–water partition coefficient (Wildman–Crippen LogP) is 4.13. The largest absolute Gasteiger partial charge is 0.393 e. The lowest BCUT2D eigenvalue weighted by Gasteiger charge is -2.36. The molecular formula is C19H31N5. The van der Waals surface area contributed by atoms with E-state index >= 15 is 0 Å². The van der Waals surface area contributed by atoms with Gasteiger partial charge in [-0.25, -0.2) is 9.97 Å². The monoisotopic (exact) mass is 329 g/mol. The summed E-state index contributed by atoms with van der Waals surface area (Å²) in [6.07, 6.45) is 15.2. The molecule has 1 aromatic heterocycles. The van der Waals surface area contributed by atoms with Crippen molar-refractivity contribution in [1.29, 1.82) is 0 Å². The van der Waals surface area contributed by atoms with Crippen LogP contribution in [0.4, 0.5) is 17.3 Å². The molecule has 132 valence electrons. The smallest absolute Gasteiger partial charge is 0.157 e. The number of rotatable bonds is 6. The second kappa shape index (κ2) is 8.36. The van der Waals surface area contributed by atoms with Crippen molar-refractivity contribution < 1.29 is 0 Å². The summed E-state index contributed by atoms with van der Waals surface area (Å²) in [4.78, 5) is 11.3. The lowest BCUT2D eigenvalue weighted by atomic mass is 9.97. The number of piperidine rings is 1. The lowest BCUT2D eigenvalue weighted by molar-refractivity contribution is 0.447. The average Bonchev–Trinajstić information content (AvgIpc) is 2.64. The number of anilines is 3. The molecule has 1 saturated heterocycles. The fourth-order valence-corrected chi connectivity index (χ4v) is 3.93. The second-order valence-corrected chi connectivity index (χ2v) is 7.00. The van der Waals surface area contributed by atoms with Gasteiger partial charge in [0.1, 0.15) is 12.0 Å². The number of allylic oxidation sites excluding steroid dienone is 1. The highest BCUT2D eigenvalue weighted by atomic mass is 15.2. The third kappa shape index (κ3) is 4.00. The normalized spacial score (nSPS) is 21.5. The minimum atomic E-state index is 0.552. The van der Waals surface area contributed by atoms with Crippen LogP contribution in [0.15, 0.2) is 18.0 Å². The molecule has 0 amide bonds. The second-order valence-electron chi connectivity index (χ2n) is 7.00. The maximum absolute atomic E-state index is 6.41. The molecule has 5 nitrogen and oxygen atoms in total. The fourth-order valence-electron chi connectivity index (χ4n) is 3.93. The van der Waals surface area contributed by atoms with Crippen molar-refractivity contribution in [3.63, 3.8) is 0 Å². The van der Waals surface area contributed by atoms with Gasteiger partial charge in [-0.15, -0.1) is 0 Å². The Morgan fingerprint density at radius 1 is 1.25 bits per heavy atom. The Kier molecular flexibility index (Phi) is 5.94. The Balaban J connectivity index is 1.65. The molecule has 0 spiro atoms. The van der Waals surface area contributed by atoms with Gasteiger partial charge in [-0.1, -0.05) is 18.6 Å². The molecule has 1 aromatic rings. The molecule has 1 unspecified atom stereocenters. The lowest BCUT2D eigenvalue weighted by Crippen LogP contribution is -2.40. The molecule has 1 fully saturated rings. The van der Waals surface area contributed by atoms with E-state index in [1.807, 2.05) is 0 Å². The Hall–Kier alpha value is -1.78. The Labute approximate surface area is 145 Å². The van der Waals surface area contributed by atoms with Crippen molar-refractivity contribution in [3.05, 3.63) is 18.0 Å². The van der Waals surface area contributed by atoms with Crippen LogP contribution in [-0.4, -0.2) is 29.1 Å². The molecule has 24 heavy (non-hydrogen) atoms. The van der Waals surface area contributed by atoms with Gasteiger partial charge in [0.25, 0.3) is 0 Å². The Bertz CT molecular complexity index is 569. The number of aromatic nitrogens is 2. The molecule has 1 aliphatic carbocycles. The number of nitrogens with two attached hydrogens (primary N) is 1. The van der Waals surface area contributed by atoms with Crippen LogP contribution in [0.2, 0.25) is 0 Å². The van der Waals surface area contributed by atoms with E-state index in [-0.39, 0.29) is 0 Å². The summed E-state index contributed by atoms with van der Waals surface area (Å²) in [5.41, 5.74) is 8.68. The van der Waals surface area contributed by atoms with Gasteiger partial charge >= 0.3 is 0 Å². The fraction of sp³-hybridized carbons (Fsp3) is 0.684. The zero-order valence-corrected chi connectivity index (χ0v) is 14.9. The maximum Gasteiger partial charge on any atom is 0.157 e. The first-order valence-electron chi connectivity index (χ1n) is 9.58. The van der Waals surface area contributed by atoms with Crippen LogP contribution < -0.4 is 16.0 Å². The van der Waals surface area contributed by atoms with Crippen molar-refractivity contribution in [2.24, 2.45) is 0 Å². The van der Waals surface area contributed by atoms with Gasteiger partial charge in [0.05, 0.1) is 0 Å². The molecule has 0 bridgehead atoms. The first kappa shape index (κ1) is 17.1. The number of nitrogen functional groups attached to an aromatic ring is 1. The van der Waals surface area contributed by atoms with Crippen molar-refractivity contribution in [2.45, 2.75) is 70.8 Å². The highest BCUT2D eigenvalue weighted by Crippen LogP contribution is 2.32. The Morgan fingerprint density at radius 3 is 2.96 bits per heavy atom. The summed E-state index contributed by atoms with van der Waals surface area (Å²) >= 11 is 0. The molecule has 0 aromatic carbocycles. The third-order valence-corrected chi connectivity index (χ3v) is 5.36. The maximum atomic E-state index is 6.41. The van der Waals surface area contributed by atoms with Crippen LogP contribution in [0.3, 0.4) is 0 Å². The number of hydrogen-bond acceptors (Lipinski definition) is 5. The van der Waals surface area contributed by atoms with Crippen molar-refractivity contribution >= 4 is 17.3 Å².